The van der Waals surface area contributed by atoms with E-state index in [1.54, 1.807) is 27.7 Å². The predicted octanol–water partition coefficient (Wildman–Crippen LogP) is 3.12. The van der Waals surface area contributed by atoms with Crippen molar-refractivity contribution in [2.24, 2.45) is 16.7 Å². The lowest BCUT2D eigenvalue weighted by Gasteiger charge is -2.31. The number of hydrogen-bond acceptors (Lipinski definition) is 8. The Morgan fingerprint density at radius 3 is 2.07 bits per heavy atom. The van der Waals surface area contributed by atoms with Crippen LogP contribution in [0.2, 0.25) is 0 Å². The van der Waals surface area contributed by atoms with Crippen LogP contribution in [0.1, 0.15) is 54.9 Å². The summed E-state index contributed by atoms with van der Waals surface area (Å²) in [6.07, 6.45) is -0.164. The molecule has 2 atom stereocenters. The lowest BCUT2D eigenvalue weighted by Crippen LogP contribution is -2.41. The molecular weight excluding hydrogens is 401 g/mol. The van der Waals surface area contributed by atoms with Gasteiger partial charge in [0.2, 0.25) is 12.7 Å². The number of amides is 1. The fourth-order valence-corrected chi connectivity index (χ4v) is 3.91. The largest absolute Gasteiger partial charge is 0.466 e. The SMILES string of the molecule is CCOC(=O)CCNC(=O)[C@H](C[P@@](=O)(OC)OCOC(=O)C(C)(C)C)C(C)(C)C. The minimum absolute atomic E-state index is 0.0393. The van der Waals surface area contributed by atoms with Gasteiger partial charge in [-0.1, -0.05) is 20.8 Å². The van der Waals surface area contributed by atoms with E-state index in [2.05, 4.69) is 5.32 Å². The minimum Gasteiger partial charge on any atom is -0.466 e. The van der Waals surface area contributed by atoms with Crippen LogP contribution in [0.15, 0.2) is 0 Å². The summed E-state index contributed by atoms with van der Waals surface area (Å²) >= 11 is 0. The Hall–Kier alpha value is -1.44. The summed E-state index contributed by atoms with van der Waals surface area (Å²) in [4.78, 5) is 35.9. The van der Waals surface area contributed by atoms with Crippen molar-refractivity contribution >= 4 is 25.4 Å². The van der Waals surface area contributed by atoms with E-state index in [0.717, 1.165) is 0 Å². The van der Waals surface area contributed by atoms with E-state index in [-0.39, 0.29) is 31.6 Å². The maximum atomic E-state index is 13.0. The van der Waals surface area contributed by atoms with Crippen molar-refractivity contribution in [3.05, 3.63) is 0 Å². The highest BCUT2D eigenvalue weighted by atomic mass is 31.2. The zero-order valence-corrected chi connectivity index (χ0v) is 19.7. The van der Waals surface area contributed by atoms with Gasteiger partial charge in [0.1, 0.15) is 0 Å². The van der Waals surface area contributed by atoms with Gasteiger partial charge in [-0.25, -0.2) is 0 Å². The van der Waals surface area contributed by atoms with E-state index in [1.165, 1.54) is 7.11 Å². The smallest absolute Gasteiger partial charge is 0.334 e. The Morgan fingerprint density at radius 1 is 1.03 bits per heavy atom. The van der Waals surface area contributed by atoms with Gasteiger partial charge in [0.25, 0.3) is 0 Å². The molecule has 0 saturated heterocycles. The normalized spacial score (nSPS) is 15.2. The molecule has 0 aromatic rings. The molecule has 0 aromatic carbocycles. The topological polar surface area (TPSA) is 117 Å². The standard InChI is InChI=1S/C19H36NO8P/c1-9-26-15(21)10-11-20-16(22)14(18(2,3)4)12-29(24,25-8)28-13-27-17(23)19(5,6)7/h14H,9-13H2,1-8H3,(H,20,22)/t14-,29+/m0/s1. The predicted molar refractivity (Wildman–Crippen MR) is 108 cm³/mol. The van der Waals surface area contributed by atoms with Gasteiger partial charge < -0.3 is 19.3 Å². The molecule has 0 bridgehead atoms. The van der Waals surface area contributed by atoms with Gasteiger partial charge >= 0.3 is 19.5 Å². The molecule has 10 heteroatoms. The first-order chi connectivity index (χ1) is 13.2. The number of nitrogens with one attached hydrogen (secondary N) is 1. The van der Waals surface area contributed by atoms with Crippen LogP contribution in [0.25, 0.3) is 0 Å². The van der Waals surface area contributed by atoms with Crippen LogP contribution < -0.4 is 5.32 Å². The van der Waals surface area contributed by atoms with Crippen LogP contribution in [0.5, 0.6) is 0 Å². The van der Waals surface area contributed by atoms with Crippen LogP contribution in [0.3, 0.4) is 0 Å². The van der Waals surface area contributed by atoms with Crippen molar-refractivity contribution in [1.29, 1.82) is 0 Å². The second-order valence-corrected chi connectivity index (χ2v) is 10.9. The third-order valence-electron chi connectivity index (χ3n) is 4.03. The number of esters is 2. The van der Waals surface area contributed by atoms with Crippen LogP contribution in [-0.4, -0.2) is 51.1 Å². The third kappa shape index (κ3) is 10.8. The number of rotatable bonds is 11. The van der Waals surface area contributed by atoms with Crippen LogP contribution in [0.4, 0.5) is 0 Å². The molecule has 0 aliphatic heterocycles. The van der Waals surface area contributed by atoms with Gasteiger partial charge in [0.05, 0.1) is 30.5 Å². The van der Waals surface area contributed by atoms with Crippen molar-refractivity contribution in [3.63, 3.8) is 0 Å². The molecule has 1 N–H and O–H groups in total. The summed E-state index contributed by atoms with van der Waals surface area (Å²) in [5, 5.41) is 2.66. The molecule has 0 heterocycles. The molecule has 0 spiro atoms. The van der Waals surface area contributed by atoms with Gasteiger partial charge in [-0.15, -0.1) is 0 Å². The highest BCUT2D eigenvalue weighted by molar-refractivity contribution is 7.53. The lowest BCUT2D eigenvalue weighted by molar-refractivity contribution is -0.160. The monoisotopic (exact) mass is 437 g/mol. The first-order valence-electron chi connectivity index (χ1n) is 9.56. The number of carbonyl (C=O) groups excluding carboxylic acids is 3. The van der Waals surface area contributed by atoms with Crippen molar-refractivity contribution in [1.82, 2.24) is 5.32 Å². The fraction of sp³-hybridized carbons (Fsp3) is 0.842. The highest BCUT2D eigenvalue weighted by Gasteiger charge is 2.39. The first kappa shape index (κ1) is 27.6. The second kappa shape index (κ2) is 11.7. The van der Waals surface area contributed by atoms with Crippen LogP contribution in [0, 0.1) is 16.7 Å². The lowest BCUT2D eigenvalue weighted by atomic mass is 9.81. The van der Waals surface area contributed by atoms with Gasteiger partial charge in [-0.2, -0.15) is 0 Å². The Balaban J connectivity index is 4.99. The highest BCUT2D eigenvalue weighted by Crippen LogP contribution is 2.51. The van der Waals surface area contributed by atoms with Crippen LogP contribution >= 0.6 is 7.60 Å². The molecule has 29 heavy (non-hydrogen) atoms. The molecule has 0 saturated carbocycles. The third-order valence-corrected chi connectivity index (χ3v) is 5.90. The van der Waals surface area contributed by atoms with Gasteiger partial charge in [-0.05, 0) is 33.1 Å². The number of hydrogen-bond donors (Lipinski definition) is 1. The van der Waals surface area contributed by atoms with E-state index >= 15 is 0 Å². The molecule has 0 aliphatic carbocycles. The molecule has 170 valence electrons. The number of carbonyl (C=O) groups is 3. The van der Waals surface area contributed by atoms with Crippen molar-refractivity contribution in [2.45, 2.75) is 54.9 Å². The summed E-state index contributed by atoms with van der Waals surface area (Å²) in [7, 11) is -2.49. The van der Waals surface area contributed by atoms with Crippen molar-refractivity contribution < 1.29 is 37.5 Å². The summed E-state index contributed by atoms with van der Waals surface area (Å²) in [6, 6.07) is 0. The average Bonchev–Trinajstić information content (AvgIpc) is 2.58. The zero-order valence-electron chi connectivity index (χ0n) is 18.8. The number of ether oxygens (including phenoxy) is 2. The summed E-state index contributed by atoms with van der Waals surface area (Å²) in [5.41, 5.74) is -1.29. The summed E-state index contributed by atoms with van der Waals surface area (Å²) in [6.45, 7) is 12.0. The summed E-state index contributed by atoms with van der Waals surface area (Å²) < 4.78 is 33.0. The molecule has 0 aliphatic rings. The van der Waals surface area contributed by atoms with Gasteiger partial charge in [0, 0.05) is 13.7 Å². The first-order valence-corrected chi connectivity index (χ1v) is 11.3. The van der Waals surface area contributed by atoms with Crippen molar-refractivity contribution in [2.75, 3.05) is 33.2 Å². The molecular formula is C19H36NO8P. The van der Waals surface area contributed by atoms with E-state index in [1.807, 2.05) is 20.8 Å². The van der Waals surface area contributed by atoms with E-state index in [9.17, 15) is 18.9 Å². The Kier molecular flexibility index (Phi) is 11.1. The zero-order chi connectivity index (χ0) is 22.9. The second-order valence-electron chi connectivity index (χ2n) is 8.67. The van der Waals surface area contributed by atoms with Gasteiger partial charge in [0.15, 0.2) is 0 Å². The molecule has 0 radical (unpaired) electrons. The van der Waals surface area contributed by atoms with Crippen molar-refractivity contribution in [3.8, 4) is 0 Å². The maximum absolute atomic E-state index is 13.0. The molecule has 0 unspecified atom stereocenters. The molecule has 9 nitrogen and oxygen atoms in total. The molecule has 0 rings (SSSR count). The Bertz CT molecular complexity index is 606. The Labute approximate surface area is 173 Å². The quantitative estimate of drug-likeness (QED) is 0.298. The minimum atomic E-state index is -3.71. The molecule has 0 fully saturated rings. The maximum Gasteiger partial charge on any atom is 0.334 e. The van der Waals surface area contributed by atoms with Crippen LogP contribution in [-0.2, 0) is 37.5 Å². The van der Waals surface area contributed by atoms with E-state index in [0.29, 0.717) is 0 Å². The van der Waals surface area contributed by atoms with E-state index in [4.69, 9.17) is 18.5 Å². The molecule has 0 aromatic heterocycles. The Morgan fingerprint density at radius 2 is 1.62 bits per heavy atom. The average molecular weight is 437 g/mol. The van der Waals surface area contributed by atoms with Gasteiger partial charge in [-0.3, -0.25) is 23.5 Å². The van der Waals surface area contributed by atoms with E-state index < -0.39 is 43.1 Å². The molecule has 1 amide bonds. The summed E-state index contributed by atoms with van der Waals surface area (Å²) in [5.74, 6) is -2.03. The fourth-order valence-electron chi connectivity index (χ4n) is 2.17.